The number of hydrogen-bond acceptors (Lipinski definition) is 4. The summed E-state index contributed by atoms with van der Waals surface area (Å²) in [6.45, 7) is 0.279. The molecule has 5 N–H and O–H groups in total. The van der Waals surface area contributed by atoms with E-state index in [2.05, 4.69) is 27.6 Å². The van der Waals surface area contributed by atoms with Crippen LogP contribution in [0.5, 0.6) is 5.75 Å². The lowest BCUT2D eigenvalue weighted by Gasteiger charge is -2.09. The Bertz CT molecular complexity index is 279. The molecular weight excluding hydrogens is 269 g/mol. The number of hydrogen-bond donors (Lipinski definition) is 3. The molecule has 0 aromatic carbocycles. The quantitative estimate of drug-likeness (QED) is 0.682. The van der Waals surface area contributed by atoms with Gasteiger partial charge in [0.25, 0.3) is 0 Å². The van der Waals surface area contributed by atoms with Gasteiger partial charge in [0.15, 0.2) is 0 Å². The number of aromatic hydroxyl groups is 1. The second-order valence-electron chi connectivity index (χ2n) is 2.40. The van der Waals surface area contributed by atoms with Crippen molar-refractivity contribution in [2.24, 2.45) is 11.5 Å². The smallest absolute Gasteiger partial charge is 0.139 e. The highest BCUT2D eigenvalue weighted by Gasteiger charge is 2.10. The molecule has 0 unspecified atom stereocenters. The molecule has 1 heterocycles. The highest BCUT2D eigenvalue weighted by atomic mass is 127. The van der Waals surface area contributed by atoms with E-state index < -0.39 is 0 Å². The van der Waals surface area contributed by atoms with Crippen LogP contribution in [-0.4, -0.2) is 16.6 Å². The van der Waals surface area contributed by atoms with Crippen LogP contribution in [0, 0.1) is 3.57 Å². The van der Waals surface area contributed by atoms with Crippen molar-refractivity contribution in [2.75, 3.05) is 6.54 Å². The van der Waals surface area contributed by atoms with Gasteiger partial charge < -0.3 is 16.6 Å². The van der Waals surface area contributed by atoms with Crippen molar-refractivity contribution in [2.45, 2.75) is 6.04 Å². The fourth-order valence-electron chi connectivity index (χ4n) is 0.836. The first-order valence-corrected chi connectivity index (χ1v) is 4.53. The average molecular weight is 279 g/mol. The first-order valence-electron chi connectivity index (χ1n) is 3.45. The predicted octanol–water partition coefficient (Wildman–Crippen LogP) is 0.350. The molecule has 1 rings (SSSR count). The van der Waals surface area contributed by atoms with Crippen molar-refractivity contribution >= 4 is 22.6 Å². The fourth-order valence-corrected chi connectivity index (χ4v) is 1.27. The summed E-state index contributed by atoms with van der Waals surface area (Å²) in [5, 5.41) is 9.39. The van der Waals surface area contributed by atoms with Gasteiger partial charge in [-0.15, -0.1) is 0 Å². The van der Waals surface area contributed by atoms with Crippen molar-refractivity contribution in [3.63, 3.8) is 0 Å². The van der Waals surface area contributed by atoms with E-state index in [1.165, 1.54) is 0 Å². The van der Waals surface area contributed by atoms with Gasteiger partial charge >= 0.3 is 0 Å². The van der Waals surface area contributed by atoms with Gasteiger partial charge in [0.2, 0.25) is 0 Å². The van der Waals surface area contributed by atoms with E-state index in [1.54, 1.807) is 12.3 Å². The molecule has 0 spiro atoms. The molecule has 0 amide bonds. The number of rotatable bonds is 2. The van der Waals surface area contributed by atoms with Crippen molar-refractivity contribution < 1.29 is 5.11 Å². The van der Waals surface area contributed by atoms with Crippen LogP contribution in [0.15, 0.2) is 12.3 Å². The second-order valence-corrected chi connectivity index (χ2v) is 3.65. The SMILES string of the molecule is NC[C@@H](N)c1ncc(I)cc1O. The average Bonchev–Trinajstić information content (AvgIpc) is 2.03. The Labute approximate surface area is 84.1 Å². The molecule has 0 radical (unpaired) electrons. The number of aromatic nitrogens is 1. The second kappa shape index (κ2) is 4.01. The largest absolute Gasteiger partial charge is 0.506 e. The molecule has 5 heteroatoms. The number of halogens is 1. The Morgan fingerprint density at radius 3 is 2.83 bits per heavy atom. The molecule has 1 aromatic rings. The summed E-state index contributed by atoms with van der Waals surface area (Å²) in [6, 6.07) is 1.22. The summed E-state index contributed by atoms with van der Waals surface area (Å²) < 4.78 is 0.873. The zero-order chi connectivity index (χ0) is 9.14. The van der Waals surface area contributed by atoms with Crippen LogP contribution in [0.3, 0.4) is 0 Å². The van der Waals surface area contributed by atoms with Crippen LogP contribution >= 0.6 is 22.6 Å². The topological polar surface area (TPSA) is 85.2 Å². The molecule has 0 bridgehead atoms. The van der Waals surface area contributed by atoms with E-state index in [1.807, 2.05) is 0 Å². The third-order valence-electron chi connectivity index (χ3n) is 1.47. The molecule has 0 saturated heterocycles. The molecule has 0 aliphatic rings. The lowest BCUT2D eigenvalue weighted by molar-refractivity contribution is 0.456. The van der Waals surface area contributed by atoms with Crippen LogP contribution in [0.2, 0.25) is 0 Å². The summed E-state index contributed by atoms with van der Waals surface area (Å²) >= 11 is 2.06. The maximum atomic E-state index is 9.39. The number of pyridine rings is 1. The zero-order valence-corrected chi connectivity index (χ0v) is 8.52. The monoisotopic (exact) mass is 279 g/mol. The van der Waals surface area contributed by atoms with Crippen LogP contribution in [0.1, 0.15) is 11.7 Å². The summed E-state index contributed by atoms with van der Waals surface area (Å²) in [6.07, 6.45) is 1.64. The van der Waals surface area contributed by atoms with Gasteiger partial charge in [-0.3, -0.25) is 4.98 Å². The van der Waals surface area contributed by atoms with Gasteiger partial charge in [-0.2, -0.15) is 0 Å². The maximum absolute atomic E-state index is 9.39. The third kappa shape index (κ3) is 2.05. The minimum Gasteiger partial charge on any atom is -0.506 e. The van der Waals surface area contributed by atoms with Gasteiger partial charge in [0.1, 0.15) is 11.4 Å². The lowest BCUT2D eigenvalue weighted by Crippen LogP contribution is -2.21. The van der Waals surface area contributed by atoms with E-state index in [9.17, 15) is 5.11 Å². The van der Waals surface area contributed by atoms with Crippen molar-refractivity contribution in [1.82, 2.24) is 4.98 Å². The summed E-state index contributed by atoms with van der Waals surface area (Å²) in [5.74, 6) is 0.111. The van der Waals surface area contributed by atoms with E-state index in [4.69, 9.17) is 11.5 Å². The standard InChI is InChI=1S/C7H10IN3O/c8-4-1-6(12)7(11-3-4)5(10)2-9/h1,3,5,12H,2,9-10H2/t5-/m1/s1. The van der Waals surface area contributed by atoms with Crippen LogP contribution < -0.4 is 11.5 Å². The van der Waals surface area contributed by atoms with Gasteiger partial charge in [-0.05, 0) is 28.7 Å². The minimum absolute atomic E-state index is 0.111. The summed E-state index contributed by atoms with van der Waals surface area (Å²) in [5.41, 5.74) is 11.4. The molecule has 0 aliphatic heterocycles. The van der Waals surface area contributed by atoms with Gasteiger partial charge in [-0.1, -0.05) is 0 Å². The Balaban J connectivity index is 3.01. The van der Waals surface area contributed by atoms with E-state index in [0.717, 1.165) is 3.57 Å². The maximum Gasteiger partial charge on any atom is 0.139 e. The zero-order valence-electron chi connectivity index (χ0n) is 6.37. The molecular formula is C7H10IN3O. The van der Waals surface area contributed by atoms with Crippen molar-refractivity contribution in [1.29, 1.82) is 0 Å². The van der Waals surface area contributed by atoms with E-state index in [0.29, 0.717) is 5.69 Å². The van der Waals surface area contributed by atoms with Gasteiger partial charge in [0.05, 0.1) is 6.04 Å². The molecule has 0 fully saturated rings. The Morgan fingerprint density at radius 2 is 2.33 bits per heavy atom. The number of nitrogens with two attached hydrogens (primary N) is 2. The van der Waals surface area contributed by atoms with Crippen molar-refractivity contribution in [3.05, 3.63) is 21.5 Å². The molecule has 12 heavy (non-hydrogen) atoms. The third-order valence-corrected chi connectivity index (χ3v) is 2.06. The van der Waals surface area contributed by atoms with Gasteiger partial charge in [-0.25, -0.2) is 0 Å². The fraction of sp³-hybridized carbons (Fsp3) is 0.286. The first-order chi connectivity index (χ1) is 5.65. The molecule has 1 aromatic heterocycles. The predicted molar refractivity (Wildman–Crippen MR) is 54.6 cm³/mol. The molecule has 1 atom stereocenters. The molecule has 66 valence electrons. The van der Waals surface area contributed by atoms with E-state index in [-0.39, 0.29) is 18.3 Å². The minimum atomic E-state index is -0.387. The normalized spacial score (nSPS) is 12.9. The van der Waals surface area contributed by atoms with Gasteiger partial charge in [0, 0.05) is 16.3 Å². The van der Waals surface area contributed by atoms with Crippen LogP contribution in [-0.2, 0) is 0 Å². The Hall–Kier alpha value is -0.400. The number of nitrogens with zero attached hydrogens (tertiary/aromatic N) is 1. The van der Waals surface area contributed by atoms with Crippen molar-refractivity contribution in [3.8, 4) is 5.75 Å². The molecule has 0 aliphatic carbocycles. The highest BCUT2D eigenvalue weighted by Crippen LogP contribution is 2.21. The van der Waals surface area contributed by atoms with E-state index >= 15 is 0 Å². The van der Waals surface area contributed by atoms with Crippen LogP contribution in [0.4, 0.5) is 0 Å². The summed E-state index contributed by atoms with van der Waals surface area (Å²) in [4.78, 5) is 3.99. The Kier molecular flexibility index (Phi) is 3.24. The first kappa shape index (κ1) is 9.69. The Morgan fingerprint density at radius 1 is 1.67 bits per heavy atom. The summed E-state index contributed by atoms with van der Waals surface area (Å²) in [7, 11) is 0. The lowest BCUT2D eigenvalue weighted by atomic mass is 10.2. The molecule has 4 nitrogen and oxygen atoms in total. The molecule has 0 saturated carbocycles. The van der Waals surface area contributed by atoms with Crippen LogP contribution in [0.25, 0.3) is 0 Å². The highest BCUT2D eigenvalue weighted by molar-refractivity contribution is 14.1.